The van der Waals surface area contributed by atoms with E-state index in [4.69, 9.17) is 9.47 Å². The van der Waals surface area contributed by atoms with Crippen LogP contribution in [0.25, 0.3) is 0 Å². The minimum Gasteiger partial charge on any atom is -0.481 e. The minimum atomic E-state index is -0.585. The number of carbonyl (C=O) groups is 1. The summed E-state index contributed by atoms with van der Waals surface area (Å²) in [4.78, 5) is 14.9. The normalized spacial score (nSPS) is 15.4. The van der Waals surface area contributed by atoms with E-state index in [-0.39, 0.29) is 5.91 Å². The lowest BCUT2D eigenvalue weighted by atomic mass is 10.0. The smallest absolute Gasteiger partial charge is 0.265 e. The highest BCUT2D eigenvalue weighted by atomic mass is 16.5. The Morgan fingerprint density at radius 3 is 2.39 bits per heavy atom. The van der Waals surface area contributed by atoms with Crippen LogP contribution in [0.15, 0.2) is 42.5 Å². The monoisotopic (exact) mass is 382 g/mol. The molecule has 1 atom stereocenters. The first-order chi connectivity index (χ1) is 13.4. The number of benzene rings is 2. The summed E-state index contributed by atoms with van der Waals surface area (Å²) in [6.07, 6.45) is -0.585. The average molecular weight is 383 g/mol. The van der Waals surface area contributed by atoms with Gasteiger partial charge >= 0.3 is 0 Å². The third-order valence-electron chi connectivity index (χ3n) is 4.98. The van der Waals surface area contributed by atoms with Crippen LogP contribution in [0, 0.1) is 6.92 Å². The summed E-state index contributed by atoms with van der Waals surface area (Å²) in [5.41, 5.74) is 4.14. The van der Waals surface area contributed by atoms with Crippen molar-refractivity contribution in [1.29, 1.82) is 0 Å². The molecule has 0 bridgehead atoms. The van der Waals surface area contributed by atoms with Gasteiger partial charge in [0, 0.05) is 24.5 Å². The number of morpholine rings is 1. The van der Waals surface area contributed by atoms with Crippen LogP contribution in [-0.4, -0.2) is 38.3 Å². The fourth-order valence-corrected chi connectivity index (χ4v) is 3.29. The standard InChI is InChI=1S/C23H30N2O3/c1-16(2)21-10-5-17(3)15-22(21)28-18(4)23(26)24-19-6-8-20(9-7-19)25-11-13-27-14-12-25/h5-10,15-16,18H,11-14H2,1-4H3,(H,24,26)/t18-/m0/s1. The summed E-state index contributed by atoms with van der Waals surface area (Å²) in [6, 6.07) is 14.1. The second-order valence-electron chi connectivity index (χ2n) is 7.59. The van der Waals surface area contributed by atoms with Crippen LogP contribution in [0.4, 0.5) is 11.4 Å². The Morgan fingerprint density at radius 2 is 1.75 bits per heavy atom. The molecule has 150 valence electrons. The number of nitrogens with one attached hydrogen (secondary N) is 1. The molecule has 2 aromatic rings. The molecule has 0 unspecified atom stereocenters. The fraction of sp³-hybridized carbons (Fsp3) is 0.435. The summed E-state index contributed by atoms with van der Waals surface area (Å²) in [5, 5.41) is 2.95. The molecule has 0 saturated carbocycles. The minimum absolute atomic E-state index is 0.157. The molecule has 1 fully saturated rings. The molecule has 1 heterocycles. The summed E-state index contributed by atoms with van der Waals surface area (Å²) in [6.45, 7) is 11.4. The fourth-order valence-electron chi connectivity index (χ4n) is 3.29. The van der Waals surface area contributed by atoms with E-state index in [9.17, 15) is 4.79 Å². The Hall–Kier alpha value is -2.53. The number of aryl methyl sites for hydroxylation is 1. The number of amides is 1. The molecule has 0 spiro atoms. The molecule has 1 aliphatic rings. The lowest BCUT2D eigenvalue weighted by Gasteiger charge is -2.29. The predicted molar refractivity (Wildman–Crippen MR) is 113 cm³/mol. The van der Waals surface area contributed by atoms with E-state index in [1.807, 2.05) is 37.3 Å². The Kier molecular flexibility index (Phi) is 6.57. The molecular formula is C23H30N2O3. The lowest BCUT2D eigenvalue weighted by Crippen LogP contribution is -2.36. The predicted octanol–water partition coefficient (Wildman–Crippen LogP) is 4.36. The Morgan fingerprint density at radius 1 is 1.07 bits per heavy atom. The number of hydrogen-bond donors (Lipinski definition) is 1. The number of rotatable bonds is 6. The van der Waals surface area contributed by atoms with Gasteiger partial charge < -0.3 is 19.7 Å². The summed E-state index contributed by atoms with van der Waals surface area (Å²) in [7, 11) is 0. The first kappa shape index (κ1) is 20.2. The maximum Gasteiger partial charge on any atom is 0.265 e. The Labute approximate surface area is 167 Å². The maximum absolute atomic E-state index is 12.6. The summed E-state index contributed by atoms with van der Waals surface area (Å²) < 4.78 is 11.4. The topological polar surface area (TPSA) is 50.8 Å². The number of carbonyl (C=O) groups excluding carboxylic acids is 1. The van der Waals surface area contributed by atoms with Gasteiger partial charge in [-0.2, -0.15) is 0 Å². The largest absolute Gasteiger partial charge is 0.481 e. The molecule has 1 N–H and O–H groups in total. The van der Waals surface area contributed by atoms with Gasteiger partial charge in [-0.05, 0) is 61.2 Å². The van der Waals surface area contributed by atoms with E-state index < -0.39 is 6.10 Å². The number of hydrogen-bond acceptors (Lipinski definition) is 4. The van der Waals surface area contributed by atoms with Gasteiger partial charge in [0.25, 0.3) is 5.91 Å². The molecule has 1 amide bonds. The molecule has 0 aliphatic carbocycles. The van der Waals surface area contributed by atoms with Crippen LogP contribution in [0.1, 0.15) is 37.8 Å². The van der Waals surface area contributed by atoms with E-state index in [1.54, 1.807) is 6.92 Å². The van der Waals surface area contributed by atoms with E-state index in [0.29, 0.717) is 5.92 Å². The van der Waals surface area contributed by atoms with E-state index >= 15 is 0 Å². The van der Waals surface area contributed by atoms with Crippen molar-refractivity contribution in [3.8, 4) is 5.75 Å². The van der Waals surface area contributed by atoms with Crippen LogP contribution in [0.3, 0.4) is 0 Å². The van der Waals surface area contributed by atoms with Crippen molar-refractivity contribution in [3.05, 3.63) is 53.6 Å². The number of nitrogens with zero attached hydrogens (tertiary/aromatic N) is 1. The van der Waals surface area contributed by atoms with Crippen LogP contribution < -0.4 is 15.0 Å². The zero-order valence-electron chi connectivity index (χ0n) is 17.2. The first-order valence-corrected chi connectivity index (χ1v) is 9.95. The van der Waals surface area contributed by atoms with Gasteiger partial charge in [0.1, 0.15) is 5.75 Å². The van der Waals surface area contributed by atoms with Crippen LogP contribution in [-0.2, 0) is 9.53 Å². The molecule has 28 heavy (non-hydrogen) atoms. The zero-order valence-corrected chi connectivity index (χ0v) is 17.2. The van der Waals surface area contributed by atoms with Crippen molar-refractivity contribution in [2.45, 2.75) is 39.7 Å². The summed E-state index contributed by atoms with van der Waals surface area (Å²) >= 11 is 0. The first-order valence-electron chi connectivity index (χ1n) is 9.95. The van der Waals surface area contributed by atoms with Gasteiger partial charge in [-0.15, -0.1) is 0 Å². The zero-order chi connectivity index (χ0) is 20.1. The lowest BCUT2D eigenvalue weighted by molar-refractivity contribution is -0.122. The molecule has 1 aliphatic heterocycles. The maximum atomic E-state index is 12.6. The van der Waals surface area contributed by atoms with E-state index in [1.165, 1.54) is 0 Å². The van der Waals surface area contributed by atoms with Crippen molar-refractivity contribution in [2.75, 3.05) is 36.5 Å². The highest BCUT2D eigenvalue weighted by Gasteiger charge is 2.18. The quantitative estimate of drug-likeness (QED) is 0.806. The van der Waals surface area contributed by atoms with Crippen LogP contribution in [0.2, 0.25) is 0 Å². The van der Waals surface area contributed by atoms with Gasteiger partial charge in [0.2, 0.25) is 0 Å². The van der Waals surface area contributed by atoms with Crippen molar-refractivity contribution < 1.29 is 14.3 Å². The van der Waals surface area contributed by atoms with Gasteiger partial charge in [-0.1, -0.05) is 26.0 Å². The third kappa shape index (κ3) is 5.04. The van der Waals surface area contributed by atoms with Crippen molar-refractivity contribution in [1.82, 2.24) is 0 Å². The average Bonchev–Trinajstić information content (AvgIpc) is 2.69. The second-order valence-corrected chi connectivity index (χ2v) is 7.59. The third-order valence-corrected chi connectivity index (χ3v) is 4.98. The van der Waals surface area contributed by atoms with Gasteiger partial charge in [-0.25, -0.2) is 0 Å². The molecule has 5 nitrogen and oxygen atoms in total. The van der Waals surface area contributed by atoms with Crippen molar-refractivity contribution >= 4 is 17.3 Å². The molecular weight excluding hydrogens is 352 g/mol. The van der Waals surface area contributed by atoms with Crippen molar-refractivity contribution in [3.63, 3.8) is 0 Å². The van der Waals surface area contributed by atoms with E-state index in [0.717, 1.165) is 54.6 Å². The van der Waals surface area contributed by atoms with E-state index in [2.05, 4.69) is 36.2 Å². The van der Waals surface area contributed by atoms with Gasteiger partial charge in [0.15, 0.2) is 6.10 Å². The molecule has 1 saturated heterocycles. The highest BCUT2D eigenvalue weighted by Crippen LogP contribution is 2.28. The van der Waals surface area contributed by atoms with Gasteiger partial charge in [-0.3, -0.25) is 4.79 Å². The number of ether oxygens (including phenoxy) is 2. The van der Waals surface area contributed by atoms with Crippen LogP contribution in [0.5, 0.6) is 5.75 Å². The molecule has 0 radical (unpaired) electrons. The molecule has 5 heteroatoms. The number of anilines is 2. The summed E-state index contributed by atoms with van der Waals surface area (Å²) in [5.74, 6) is 0.953. The highest BCUT2D eigenvalue weighted by molar-refractivity contribution is 5.94. The molecule has 0 aromatic heterocycles. The van der Waals surface area contributed by atoms with Crippen molar-refractivity contribution in [2.24, 2.45) is 0 Å². The van der Waals surface area contributed by atoms with Crippen LogP contribution >= 0.6 is 0 Å². The molecule has 2 aromatic carbocycles. The second kappa shape index (κ2) is 9.11. The molecule has 3 rings (SSSR count). The SMILES string of the molecule is Cc1ccc(C(C)C)c(O[C@@H](C)C(=O)Nc2ccc(N3CCOCC3)cc2)c1. The Balaban J connectivity index is 1.62. The Bertz CT molecular complexity index is 796. The van der Waals surface area contributed by atoms with Gasteiger partial charge in [0.05, 0.1) is 13.2 Å².